The van der Waals surface area contributed by atoms with Crippen LogP contribution in [0.3, 0.4) is 0 Å². The van der Waals surface area contributed by atoms with Crippen LogP contribution in [0.25, 0.3) is 0 Å². The van der Waals surface area contributed by atoms with E-state index in [-0.39, 0.29) is 22.1 Å². The molecule has 0 atom stereocenters. The van der Waals surface area contributed by atoms with Crippen LogP contribution in [0.4, 0.5) is 45.6 Å². The molecule has 184 valence electrons. The second-order valence-electron chi connectivity index (χ2n) is 6.66. The molecule has 4 nitrogen and oxygen atoms in total. The first-order valence-electron chi connectivity index (χ1n) is 9.06. The van der Waals surface area contributed by atoms with E-state index in [2.05, 4.69) is 0 Å². The lowest BCUT2D eigenvalue weighted by Gasteiger charge is -2.12. The van der Waals surface area contributed by atoms with E-state index in [0.717, 1.165) is 6.07 Å². The van der Waals surface area contributed by atoms with Crippen LogP contribution < -0.4 is 10.6 Å². The zero-order valence-corrected chi connectivity index (χ0v) is 18.2. The van der Waals surface area contributed by atoms with Gasteiger partial charge >= 0.3 is 12.2 Å². The Bertz CT molecular complexity index is 1310. The van der Waals surface area contributed by atoms with Gasteiger partial charge in [0.2, 0.25) is 0 Å². The van der Waals surface area contributed by atoms with E-state index >= 15 is 0 Å². The van der Waals surface area contributed by atoms with Gasteiger partial charge in [0.15, 0.2) is 0 Å². The number of nitrogens with one attached hydrogen (secondary N) is 2. The zero-order valence-electron chi connectivity index (χ0n) is 16.7. The summed E-state index contributed by atoms with van der Waals surface area (Å²) in [6, 6.07) is 2.28. The molecule has 0 heterocycles. The Morgan fingerprint density at radius 1 is 0.800 bits per heavy atom. The molecule has 0 saturated carbocycles. The van der Waals surface area contributed by atoms with Crippen molar-refractivity contribution in [3.05, 3.63) is 87.7 Å². The quantitative estimate of drug-likeness (QED) is 0.345. The number of anilines is 1. The van der Waals surface area contributed by atoms with Crippen LogP contribution >= 0.6 is 23.4 Å². The monoisotopic (exact) mass is 540 g/mol. The molecule has 0 aliphatic rings. The molecule has 0 spiro atoms. The molecular formula is C21H9ClF8N2O2S. The van der Waals surface area contributed by atoms with E-state index in [1.54, 1.807) is 5.32 Å². The van der Waals surface area contributed by atoms with Crippen molar-refractivity contribution in [2.75, 3.05) is 5.32 Å². The summed E-state index contributed by atoms with van der Waals surface area (Å²) in [4.78, 5) is 23.4. The highest BCUT2D eigenvalue weighted by molar-refractivity contribution is 7.99. The van der Waals surface area contributed by atoms with Gasteiger partial charge in [0, 0.05) is 23.1 Å². The fourth-order valence-corrected chi connectivity index (χ4v) is 3.80. The number of urea groups is 1. The number of amides is 3. The summed E-state index contributed by atoms with van der Waals surface area (Å²) in [6.07, 6.45) is -4.66. The SMILES string of the molecule is O=C(NC(=O)c1c(F)cc(F)cc1F)Nc1cc(F)c(Sc2ccc(C(F)(F)F)cc2Cl)cc1F. The molecule has 3 rings (SSSR count). The van der Waals surface area contributed by atoms with Crippen molar-refractivity contribution in [2.45, 2.75) is 16.0 Å². The van der Waals surface area contributed by atoms with Crippen molar-refractivity contribution in [3.8, 4) is 0 Å². The molecule has 14 heteroatoms. The fraction of sp³-hybridized carbons (Fsp3) is 0.0476. The van der Waals surface area contributed by atoms with Crippen LogP contribution in [0.1, 0.15) is 15.9 Å². The highest BCUT2D eigenvalue weighted by Gasteiger charge is 2.31. The van der Waals surface area contributed by atoms with Gasteiger partial charge in [-0.25, -0.2) is 26.7 Å². The molecular weight excluding hydrogens is 532 g/mol. The van der Waals surface area contributed by atoms with Gasteiger partial charge in [-0.15, -0.1) is 0 Å². The molecule has 0 unspecified atom stereocenters. The molecule has 0 saturated heterocycles. The van der Waals surface area contributed by atoms with Crippen molar-refractivity contribution < 1.29 is 44.7 Å². The number of carbonyl (C=O) groups excluding carboxylic acids is 2. The number of hydrogen-bond donors (Lipinski definition) is 2. The number of imide groups is 1. The number of halogens is 9. The molecule has 0 bridgehead atoms. The predicted octanol–water partition coefficient (Wildman–Crippen LogP) is 7.17. The Labute approximate surface area is 200 Å². The highest BCUT2D eigenvalue weighted by Crippen LogP contribution is 2.39. The number of benzene rings is 3. The molecule has 0 aliphatic heterocycles. The van der Waals surface area contributed by atoms with Gasteiger partial charge in [0.25, 0.3) is 5.91 Å². The normalized spacial score (nSPS) is 11.3. The van der Waals surface area contributed by atoms with E-state index in [0.29, 0.717) is 36.0 Å². The number of hydrogen-bond acceptors (Lipinski definition) is 3. The molecule has 0 fully saturated rings. The van der Waals surface area contributed by atoms with Crippen molar-refractivity contribution in [2.24, 2.45) is 0 Å². The standard InChI is InChI=1S/C21H9ClF8N2O2S/c22-10-3-8(21(28,29)30)1-2-16(10)35-17-7-11(24)15(6-12(17)25)31-20(34)32-19(33)18-13(26)4-9(23)5-14(18)27/h1-7H,(H2,31,32,33,34). The van der Waals surface area contributed by atoms with Crippen LogP contribution in [0.15, 0.2) is 52.3 Å². The van der Waals surface area contributed by atoms with E-state index in [9.17, 15) is 44.7 Å². The van der Waals surface area contributed by atoms with Gasteiger partial charge in [0.05, 0.1) is 21.2 Å². The maximum Gasteiger partial charge on any atom is 0.416 e. The Balaban J connectivity index is 1.74. The molecule has 3 aromatic rings. The first-order valence-corrected chi connectivity index (χ1v) is 10.3. The third-order valence-electron chi connectivity index (χ3n) is 4.21. The summed E-state index contributed by atoms with van der Waals surface area (Å²) in [7, 11) is 0. The maximum absolute atomic E-state index is 14.5. The second-order valence-corrected chi connectivity index (χ2v) is 8.15. The van der Waals surface area contributed by atoms with Gasteiger partial charge < -0.3 is 5.32 Å². The zero-order chi connectivity index (χ0) is 26.1. The van der Waals surface area contributed by atoms with Gasteiger partial charge in [-0.05, 0) is 24.3 Å². The molecule has 0 aliphatic carbocycles. The van der Waals surface area contributed by atoms with Gasteiger partial charge in [0.1, 0.15) is 34.6 Å². The Kier molecular flexibility index (Phi) is 7.60. The minimum absolute atomic E-state index is 0.0228. The van der Waals surface area contributed by atoms with Gasteiger partial charge in [-0.1, -0.05) is 23.4 Å². The van der Waals surface area contributed by atoms with Crippen LogP contribution in [0.5, 0.6) is 0 Å². The molecule has 0 aromatic heterocycles. The summed E-state index contributed by atoms with van der Waals surface area (Å²) in [5.74, 6) is -8.48. The molecule has 3 amide bonds. The average molecular weight is 541 g/mol. The largest absolute Gasteiger partial charge is 0.416 e. The lowest BCUT2D eigenvalue weighted by Crippen LogP contribution is -2.35. The minimum Gasteiger partial charge on any atom is -0.305 e. The fourth-order valence-electron chi connectivity index (χ4n) is 2.66. The maximum atomic E-state index is 14.5. The van der Waals surface area contributed by atoms with E-state index in [1.807, 2.05) is 0 Å². The number of rotatable bonds is 4. The first-order chi connectivity index (χ1) is 16.3. The van der Waals surface area contributed by atoms with Gasteiger partial charge in [-0.3, -0.25) is 10.1 Å². The third kappa shape index (κ3) is 6.22. The number of carbonyl (C=O) groups is 2. The molecule has 0 radical (unpaired) electrons. The highest BCUT2D eigenvalue weighted by atomic mass is 35.5. The van der Waals surface area contributed by atoms with E-state index in [4.69, 9.17) is 11.6 Å². The van der Waals surface area contributed by atoms with Crippen molar-refractivity contribution >= 4 is 41.0 Å². The van der Waals surface area contributed by atoms with Crippen molar-refractivity contribution in [3.63, 3.8) is 0 Å². The van der Waals surface area contributed by atoms with Gasteiger partial charge in [-0.2, -0.15) is 13.2 Å². The minimum atomic E-state index is -4.66. The third-order valence-corrected chi connectivity index (χ3v) is 5.74. The Hall–Kier alpha value is -3.32. The summed E-state index contributed by atoms with van der Waals surface area (Å²) >= 11 is 6.30. The summed E-state index contributed by atoms with van der Waals surface area (Å²) in [5.41, 5.74) is -3.11. The van der Waals surface area contributed by atoms with E-state index < -0.39 is 68.9 Å². The van der Waals surface area contributed by atoms with Crippen LogP contribution in [-0.4, -0.2) is 11.9 Å². The van der Waals surface area contributed by atoms with E-state index in [1.165, 1.54) is 5.32 Å². The smallest absolute Gasteiger partial charge is 0.305 e. The summed E-state index contributed by atoms with van der Waals surface area (Å²) in [6.45, 7) is 0. The first kappa shape index (κ1) is 26.3. The van der Waals surface area contributed by atoms with Crippen LogP contribution in [-0.2, 0) is 6.18 Å². The summed E-state index contributed by atoms with van der Waals surface area (Å²) in [5, 5.41) is 2.87. The second kappa shape index (κ2) is 10.1. The van der Waals surface area contributed by atoms with Crippen LogP contribution in [0, 0.1) is 29.1 Å². The van der Waals surface area contributed by atoms with Crippen LogP contribution in [0.2, 0.25) is 5.02 Å². The average Bonchev–Trinajstić information content (AvgIpc) is 2.71. The van der Waals surface area contributed by atoms with Crippen molar-refractivity contribution in [1.82, 2.24) is 5.32 Å². The lowest BCUT2D eigenvalue weighted by molar-refractivity contribution is -0.137. The molecule has 3 aromatic carbocycles. The lowest BCUT2D eigenvalue weighted by atomic mass is 10.2. The molecule has 35 heavy (non-hydrogen) atoms. The van der Waals surface area contributed by atoms with Crippen molar-refractivity contribution in [1.29, 1.82) is 0 Å². The topological polar surface area (TPSA) is 58.2 Å². The summed E-state index contributed by atoms with van der Waals surface area (Å²) < 4.78 is 107. The molecule has 2 N–H and O–H groups in total. The Morgan fingerprint density at radius 2 is 1.43 bits per heavy atom. The Morgan fingerprint density at radius 3 is 2.00 bits per heavy atom. The predicted molar refractivity (Wildman–Crippen MR) is 110 cm³/mol. The number of alkyl halides is 3.